The third-order valence-corrected chi connectivity index (χ3v) is 10.9. The van der Waals surface area contributed by atoms with Gasteiger partial charge in [0.1, 0.15) is 8.07 Å². The van der Waals surface area contributed by atoms with Crippen LogP contribution in [0.1, 0.15) is 4.88 Å². The molecule has 0 spiro atoms. The van der Waals surface area contributed by atoms with Crippen LogP contribution >= 0.6 is 11.3 Å². The molecule has 0 nitrogen and oxygen atoms in total. The van der Waals surface area contributed by atoms with Gasteiger partial charge in [0.25, 0.3) is 0 Å². The van der Waals surface area contributed by atoms with Crippen LogP contribution in [0.4, 0.5) is 0 Å². The zero-order valence-corrected chi connectivity index (χ0v) is 14.7. The van der Waals surface area contributed by atoms with E-state index < -0.39 is 8.07 Å². The van der Waals surface area contributed by atoms with E-state index in [1.165, 1.54) is 10.1 Å². The van der Waals surface area contributed by atoms with E-state index in [1.54, 1.807) is 9.69 Å². The second kappa shape index (κ2) is 5.15. The van der Waals surface area contributed by atoms with Gasteiger partial charge in [0.15, 0.2) is 0 Å². The van der Waals surface area contributed by atoms with Crippen LogP contribution in [-0.4, -0.2) is 16.9 Å². The van der Waals surface area contributed by atoms with Crippen molar-refractivity contribution in [1.82, 2.24) is 0 Å². The molecule has 18 heavy (non-hydrogen) atoms. The van der Waals surface area contributed by atoms with Gasteiger partial charge in [-0.1, -0.05) is 66.9 Å². The molecule has 0 bridgehead atoms. The summed E-state index contributed by atoms with van der Waals surface area (Å²) in [5.41, 5.74) is 0. The van der Waals surface area contributed by atoms with Gasteiger partial charge in [-0.05, 0) is 17.5 Å². The van der Waals surface area contributed by atoms with Gasteiger partial charge in [0.2, 0.25) is 0 Å². The summed E-state index contributed by atoms with van der Waals surface area (Å²) in [4.78, 5) is 1.43. The molecule has 1 heterocycles. The lowest BCUT2D eigenvalue weighted by Crippen LogP contribution is -2.51. The molecule has 3 heteroatoms. The van der Waals surface area contributed by atoms with Gasteiger partial charge in [-0.15, -0.1) is 11.3 Å². The summed E-state index contributed by atoms with van der Waals surface area (Å²) in [7, 11) is -1.78. The summed E-state index contributed by atoms with van der Waals surface area (Å²) < 4.78 is 1.59. The van der Waals surface area contributed by atoms with Crippen LogP contribution in [0.25, 0.3) is 0 Å². The largest absolute Gasteiger partial charge is 0.150 e. The standard InChI is InChI=1S/C15H21SSi2/c1-12-6-11-15(16-12)18(4,5)14-9-7-13(8-10-14)17(2)3/h6-11H,1-5H3. The number of benzene rings is 1. The Balaban J connectivity index is 2.35. The van der Waals surface area contributed by atoms with E-state index in [4.69, 9.17) is 0 Å². The third kappa shape index (κ3) is 2.68. The third-order valence-electron chi connectivity index (χ3n) is 3.54. The number of aryl methyl sites for hydroxylation is 1. The molecule has 0 unspecified atom stereocenters. The molecule has 0 aliphatic carbocycles. The molecule has 0 saturated carbocycles. The second-order valence-corrected chi connectivity index (χ2v) is 14.2. The Bertz CT molecular complexity index is 524. The Labute approximate surface area is 117 Å². The van der Waals surface area contributed by atoms with Gasteiger partial charge in [-0.25, -0.2) is 0 Å². The minimum Gasteiger partial charge on any atom is -0.150 e. The lowest BCUT2D eigenvalue weighted by Gasteiger charge is -2.22. The molecule has 1 radical (unpaired) electrons. The van der Waals surface area contributed by atoms with Crippen molar-refractivity contribution in [2.75, 3.05) is 0 Å². The van der Waals surface area contributed by atoms with Crippen LogP contribution in [0.5, 0.6) is 0 Å². The van der Waals surface area contributed by atoms with Crippen molar-refractivity contribution in [3.05, 3.63) is 41.3 Å². The van der Waals surface area contributed by atoms with Crippen molar-refractivity contribution in [3.63, 3.8) is 0 Å². The summed E-state index contributed by atoms with van der Waals surface area (Å²) in [6.07, 6.45) is 0. The van der Waals surface area contributed by atoms with E-state index in [1.807, 2.05) is 11.3 Å². The number of thiophene rings is 1. The molecule has 2 aromatic rings. The minimum atomic E-state index is -1.46. The van der Waals surface area contributed by atoms with Gasteiger partial charge < -0.3 is 0 Å². The van der Waals surface area contributed by atoms with Crippen LogP contribution in [0.2, 0.25) is 26.2 Å². The van der Waals surface area contributed by atoms with Crippen molar-refractivity contribution in [3.8, 4) is 0 Å². The number of hydrogen-bond acceptors (Lipinski definition) is 1. The minimum absolute atomic E-state index is 0.316. The highest BCUT2D eigenvalue weighted by Crippen LogP contribution is 2.12. The molecule has 0 fully saturated rings. The fraction of sp³-hybridized carbons (Fsp3) is 0.333. The van der Waals surface area contributed by atoms with Crippen molar-refractivity contribution >= 4 is 43.1 Å². The van der Waals surface area contributed by atoms with Gasteiger partial charge in [0.05, 0.1) is 8.80 Å². The first kappa shape index (κ1) is 13.8. The molecule has 0 atom stereocenters. The Kier molecular flexibility index (Phi) is 3.94. The monoisotopic (exact) mass is 289 g/mol. The van der Waals surface area contributed by atoms with Crippen LogP contribution in [0.3, 0.4) is 0 Å². The van der Waals surface area contributed by atoms with Crippen molar-refractivity contribution in [2.45, 2.75) is 33.1 Å². The average Bonchev–Trinajstić information content (AvgIpc) is 2.76. The predicted molar refractivity (Wildman–Crippen MR) is 89.4 cm³/mol. The maximum Gasteiger partial charge on any atom is 0.124 e. The fourth-order valence-corrected chi connectivity index (χ4v) is 7.23. The highest BCUT2D eigenvalue weighted by molar-refractivity contribution is 7.29. The smallest absolute Gasteiger partial charge is 0.124 e. The Hall–Kier alpha value is -0.646. The zero-order valence-electron chi connectivity index (χ0n) is 11.9. The van der Waals surface area contributed by atoms with Crippen molar-refractivity contribution < 1.29 is 0 Å². The van der Waals surface area contributed by atoms with E-state index in [2.05, 4.69) is 69.5 Å². The maximum atomic E-state index is 2.46. The van der Waals surface area contributed by atoms with E-state index in [0.717, 1.165) is 0 Å². The molecule has 2 rings (SSSR count). The highest BCUT2D eigenvalue weighted by Gasteiger charge is 2.27. The predicted octanol–water partition coefficient (Wildman–Crippen LogP) is 2.84. The Morgan fingerprint density at radius 1 is 0.944 bits per heavy atom. The quantitative estimate of drug-likeness (QED) is 0.762. The summed E-state index contributed by atoms with van der Waals surface area (Å²) in [6.45, 7) is 11.8. The van der Waals surface area contributed by atoms with Crippen LogP contribution < -0.4 is 14.9 Å². The Morgan fingerprint density at radius 2 is 1.56 bits per heavy atom. The second-order valence-electron chi connectivity index (χ2n) is 5.61. The zero-order chi connectivity index (χ0) is 13.3. The van der Waals surface area contributed by atoms with Crippen LogP contribution in [0, 0.1) is 6.92 Å². The van der Waals surface area contributed by atoms with E-state index in [9.17, 15) is 0 Å². The van der Waals surface area contributed by atoms with Gasteiger partial charge in [0, 0.05) is 4.88 Å². The summed E-state index contributed by atoms with van der Waals surface area (Å²) >= 11 is 1.97. The first-order valence-corrected chi connectivity index (χ1v) is 12.7. The highest BCUT2D eigenvalue weighted by atomic mass is 32.1. The van der Waals surface area contributed by atoms with Crippen molar-refractivity contribution in [1.29, 1.82) is 0 Å². The molecule has 1 aromatic carbocycles. The first-order chi connectivity index (χ1) is 8.41. The van der Waals surface area contributed by atoms with E-state index in [-0.39, 0.29) is 8.80 Å². The average molecular weight is 290 g/mol. The number of hydrogen-bond donors (Lipinski definition) is 0. The van der Waals surface area contributed by atoms with Crippen molar-refractivity contribution in [2.24, 2.45) is 0 Å². The molecule has 0 saturated heterocycles. The molecule has 0 amide bonds. The normalized spacial score (nSPS) is 12.1. The molecule has 0 N–H and O–H groups in total. The van der Waals surface area contributed by atoms with E-state index in [0.29, 0.717) is 0 Å². The lowest BCUT2D eigenvalue weighted by atomic mass is 10.4. The van der Waals surface area contributed by atoms with Crippen LogP contribution in [0.15, 0.2) is 36.4 Å². The van der Waals surface area contributed by atoms with Gasteiger partial charge in [-0.3, -0.25) is 0 Å². The molecule has 1 aromatic heterocycles. The topological polar surface area (TPSA) is 0 Å². The molecule has 95 valence electrons. The molecule has 0 aliphatic heterocycles. The summed E-state index contributed by atoms with van der Waals surface area (Å²) in [6, 6.07) is 14.0. The first-order valence-electron chi connectivity index (χ1n) is 6.39. The molecule has 0 aliphatic rings. The number of rotatable bonds is 3. The summed E-state index contributed by atoms with van der Waals surface area (Å²) in [5.74, 6) is 0. The van der Waals surface area contributed by atoms with Gasteiger partial charge >= 0.3 is 0 Å². The Morgan fingerprint density at radius 3 is 2.00 bits per heavy atom. The maximum absolute atomic E-state index is 2.46. The summed E-state index contributed by atoms with van der Waals surface area (Å²) in [5, 5.41) is 3.09. The lowest BCUT2D eigenvalue weighted by molar-refractivity contribution is 1.64. The van der Waals surface area contributed by atoms with E-state index >= 15 is 0 Å². The molecular formula is C15H21SSi2. The fourth-order valence-electron chi connectivity index (χ4n) is 2.13. The molecular weight excluding hydrogens is 268 g/mol. The van der Waals surface area contributed by atoms with Gasteiger partial charge in [-0.2, -0.15) is 0 Å². The van der Waals surface area contributed by atoms with Crippen LogP contribution in [-0.2, 0) is 0 Å². The SMILES string of the molecule is Cc1ccc([Si](C)(C)c2ccc([Si](C)C)cc2)s1.